The van der Waals surface area contributed by atoms with Gasteiger partial charge in [0.25, 0.3) is 0 Å². The SMILES string of the molecule is COc1ccc(-c2coc3cc(OC4OC(C(=O)O)C5(C=c6cc[nH]c6=CO5)C(O)C4O)cc(CO)c3c2=O)cc1. The molecule has 0 saturated carbocycles. The summed E-state index contributed by atoms with van der Waals surface area (Å²) in [6, 6.07) is 11.2. The fourth-order valence-corrected chi connectivity index (χ4v) is 5.20. The van der Waals surface area contributed by atoms with Crippen molar-refractivity contribution in [3.8, 4) is 22.6 Å². The topological polar surface area (TPSA) is 181 Å². The van der Waals surface area contributed by atoms with Gasteiger partial charge in [-0.25, -0.2) is 4.79 Å². The van der Waals surface area contributed by atoms with Crippen molar-refractivity contribution in [1.82, 2.24) is 4.98 Å². The molecule has 2 aliphatic heterocycles. The lowest BCUT2D eigenvalue weighted by Crippen LogP contribution is -2.69. The van der Waals surface area contributed by atoms with Crippen LogP contribution < -0.4 is 25.5 Å². The van der Waals surface area contributed by atoms with E-state index >= 15 is 0 Å². The highest BCUT2D eigenvalue weighted by atomic mass is 16.7. The first kappa shape index (κ1) is 26.6. The third-order valence-electron chi connectivity index (χ3n) is 7.30. The van der Waals surface area contributed by atoms with Crippen molar-refractivity contribution in [2.45, 2.75) is 36.8 Å². The molecule has 5 atom stereocenters. The standard InChI is InChI=1S/C29H25NO11/c1-37-17-4-2-14(3-5-17)19-12-38-21-9-18(8-16(11-31)22(21)23(19)32)40-28-24(33)25(34)29(26(41-28)27(35)36)10-15-6-7-30-20(15)13-39-29/h2-10,12-13,24-26,28,30-31,33-34H,11H2,1H3,(H,35,36). The maximum absolute atomic E-state index is 13.4. The Kier molecular flexibility index (Phi) is 6.54. The van der Waals surface area contributed by atoms with Gasteiger partial charge < -0.3 is 48.8 Å². The zero-order valence-electron chi connectivity index (χ0n) is 21.5. The van der Waals surface area contributed by atoms with Crippen LogP contribution in [0.5, 0.6) is 11.5 Å². The number of hydrogen-bond acceptors (Lipinski definition) is 10. The van der Waals surface area contributed by atoms with E-state index in [1.54, 1.807) is 36.5 Å². The van der Waals surface area contributed by atoms with Gasteiger partial charge in [-0.15, -0.1) is 0 Å². The molecule has 12 nitrogen and oxygen atoms in total. The Morgan fingerprint density at radius 2 is 1.90 bits per heavy atom. The first-order valence-electron chi connectivity index (χ1n) is 12.5. The highest BCUT2D eigenvalue weighted by molar-refractivity contribution is 5.86. The molecule has 2 aromatic heterocycles. The molecule has 0 bridgehead atoms. The van der Waals surface area contributed by atoms with Crippen molar-refractivity contribution in [3.05, 3.63) is 81.3 Å². The van der Waals surface area contributed by atoms with Crippen molar-refractivity contribution < 1.29 is 48.6 Å². The van der Waals surface area contributed by atoms with Crippen molar-refractivity contribution in [1.29, 1.82) is 0 Å². The Morgan fingerprint density at radius 3 is 2.61 bits per heavy atom. The Labute approximate surface area is 230 Å². The molecule has 41 heavy (non-hydrogen) atoms. The normalized spacial score (nSPS) is 25.1. The Balaban J connectivity index is 1.34. The van der Waals surface area contributed by atoms with Crippen molar-refractivity contribution in [3.63, 3.8) is 0 Å². The monoisotopic (exact) mass is 563 g/mol. The van der Waals surface area contributed by atoms with E-state index in [-0.39, 0.29) is 27.8 Å². The molecular formula is C29H25NO11. The molecule has 6 rings (SSSR count). The second kappa shape index (κ2) is 10.1. The van der Waals surface area contributed by atoms with Crippen LogP contribution in [-0.4, -0.2) is 68.7 Å². The highest BCUT2D eigenvalue weighted by Crippen LogP contribution is 2.37. The van der Waals surface area contributed by atoms with Crippen LogP contribution in [0.2, 0.25) is 0 Å². The van der Waals surface area contributed by atoms with Gasteiger partial charge in [-0.05, 0) is 41.5 Å². The summed E-state index contributed by atoms with van der Waals surface area (Å²) in [5.74, 6) is -0.851. The minimum atomic E-state index is -1.94. The van der Waals surface area contributed by atoms with Gasteiger partial charge in [0.05, 0.1) is 30.0 Å². The first-order chi connectivity index (χ1) is 19.8. The van der Waals surface area contributed by atoms with Gasteiger partial charge in [-0.1, -0.05) is 12.1 Å². The number of benzene rings is 2. The molecule has 12 heteroatoms. The minimum Gasteiger partial charge on any atom is -0.497 e. The molecule has 1 spiro atoms. The van der Waals surface area contributed by atoms with Gasteiger partial charge in [0.2, 0.25) is 17.8 Å². The number of aliphatic hydroxyl groups excluding tert-OH is 3. The molecule has 1 fully saturated rings. The van der Waals surface area contributed by atoms with Crippen molar-refractivity contribution >= 4 is 29.3 Å². The number of aliphatic hydroxyl groups is 3. The number of methoxy groups -OCH3 is 1. The molecule has 0 radical (unpaired) electrons. The molecule has 5 unspecified atom stereocenters. The highest BCUT2D eigenvalue weighted by Gasteiger charge is 2.60. The number of hydrogen-bond donors (Lipinski definition) is 5. The number of H-pyrrole nitrogens is 1. The fourth-order valence-electron chi connectivity index (χ4n) is 5.20. The summed E-state index contributed by atoms with van der Waals surface area (Å²) < 4.78 is 27.9. The second-order valence-corrected chi connectivity index (χ2v) is 9.68. The fraction of sp³-hybridized carbons (Fsp3) is 0.241. The lowest BCUT2D eigenvalue weighted by atomic mass is 9.82. The van der Waals surface area contributed by atoms with Crippen LogP contribution in [0, 0.1) is 0 Å². The maximum atomic E-state index is 13.4. The van der Waals surface area contributed by atoms with Crippen LogP contribution in [0.3, 0.4) is 0 Å². The summed E-state index contributed by atoms with van der Waals surface area (Å²) in [4.78, 5) is 28.5. The molecule has 5 N–H and O–H groups in total. The first-order valence-corrected chi connectivity index (χ1v) is 12.5. The summed E-state index contributed by atoms with van der Waals surface area (Å²) in [5, 5.41) is 43.3. The van der Waals surface area contributed by atoms with Crippen molar-refractivity contribution in [2.24, 2.45) is 0 Å². The molecule has 212 valence electrons. The zero-order valence-corrected chi connectivity index (χ0v) is 21.5. The van der Waals surface area contributed by atoms with E-state index in [0.29, 0.717) is 21.9 Å². The number of ether oxygens (including phenoxy) is 4. The molecule has 1 saturated heterocycles. The predicted molar refractivity (Wildman–Crippen MR) is 142 cm³/mol. The quantitative estimate of drug-likeness (QED) is 0.216. The molecule has 0 amide bonds. The Morgan fingerprint density at radius 1 is 1.12 bits per heavy atom. The number of aliphatic carboxylic acids is 1. The van der Waals surface area contributed by atoms with E-state index in [0.717, 1.165) is 0 Å². The molecule has 4 aromatic rings. The van der Waals surface area contributed by atoms with Crippen molar-refractivity contribution in [2.75, 3.05) is 7.11 Å². The number of carboxylic acid groups (broad SMARTS) is 1. The average Bonchev–Trinajstić information content (AvgIpc) is 3.45. The second-order valence-electron chi connectivity index (χ2n) is 9.68. The van der Waals surface area contributed by atoms with Crippen LogP contribution >= 0.6 is 0 Å². The summed E-state index contributed by atoms with van der Waals surface area (Å²) in [6.45, 7) is -0.556. The Bertz CT molecular complexity index is 1810. The van der Waals surface area contributed by atoms with Crippen LogP contribution in [-0.2, 0) is 20.9 Å². The van der Waals surface area contributed by atoms with Crippen LogP contribution in [0.15, 0.2) is 64.1 Å². The third-order valence-corrected chi connectivity index (χ3v) is 7.30. The largest absolute Gasteiger partial charge is 0.497 e. The van der Waals surface area contributed by atoms with Gasteiger partial charge >= 0.3 is 5.97 Å². The minimum absolute atomic E-state index is 0.00809. The molecule has 4 heterocycles. The van der Waals surface area contributed by atoms with Gasteiger partial charge in [0.15, 0.2) is 5.60 Å². The van der Waals surface area contributed by atoms with Gasteiger partial charge in [0, 0.05) is 17.5 Å². The number of nitrogens with one attached hydrogen (secondary N) is 1. The average molecular weight is 564 g/mol. The van der Waals surface area contributed by atoms with E-state index in [1.807, 2.05) is 0 Å². The van der Waals surface area contributed by atoms with E-state index in [9.17, 15) is 30.0 Å². The zero-order chi connectivity index (χ0) is 28.9. The van der Waals surface area contributed by atoms with Crippen LogP contribution in [0.25, 0.3) is 34.4 Å². The third kappa shape index (κ3) is 4.33. The predicted octanol–water partition coefficient (Wildman–Crippen LogP) is 0.187. The van der Waals surface area contributed by atoms with Crippen LogP contribution in [0.4, 0.5) is 0 Å². The van der Waals surface area contributed by atoms with Gasteiger partial charge in [-0.3, -0.25) is 4.79 Å². The summed E-state index contributed by atoms with van der Waals surface area (Å²) in [6.07, 6.45) is -1.42. The molecule has 2 aromatic carbocycles. The number of fused-ring (bicyclic) bond motifs is 2. The summed E-state index contributed by atoms with van der Waals surface area (Å²) >= 11 is 0. The lowest BCUT2D eigenvalue weighted by Gasteiger charge is -2.47. The number of carboxylic acids is 1. The smallest absolute Gasteiger partial charge is 0.337 e. The maximum Gasteiger partial charge on any atom is 0.337 e. The van der Waals surface area contributed by atoms with Crippen LogP contribution in [0.1, 0.15) is 5.56 Å². The number of carbonyl (C=O) groups is 1. The van der Waals surface area contributed by atoms with Gasteiger partial charge in [0.1, 0.15) is 41.8 Å². The molecule has 0 aliphatic carbocycles. The summed E-state index contributed by atoms with van der Waals surface area (Å²) in [5.41, 5.74) is -1.25. The van der Waals surface area contributed by atoms with E-state index < -0.39 is 48.2 Å². The number of rotatable bonds is 6. The molecule has 2 aliphatic rings. The summed E-state index contributed by atoms with van der Waals surface area (Å²) in [7, 11) is 1.53. The Hall–Kier alpha value is -4.62. The van der Waals surface area contributed by atoms with E-state index in [1.165, 1.54) is 37.8 Å². The van der Waals surface area contributed by atoms with E-state index in [2.05, 4.69) is 4.98 Å². The molecular weight excluding hydrogens is 538 g/mol. The number of aromatic nitrogens is 1. The lowest BCUT2D eigenvalue weighted by molar-refractivity contribution is -0.286. The van der Waals surface area contributed by atoms with E-state index in [4.69, 9.17) is 23.4 Å². The van der Waals surface area contributed by atoms with Gasteiger partial charge in [-0.2, -0.15) is 0 Å². The number of aromatic amines is 1.